The zero-order valence-corrected chi connectivity index (χ0v) is 9.65. The molecule has 16 heavy (non-hydrogen) atoms. The van der Waals surface area contributed by atoms with Crippen molar-refractivity contribution in [1.29, 1.82) is 0 Å². The topological polar surface area (TPSA) is 46.3 Å². The van der Waals surface area contributed by atoms with Crippen LogP contribution in [-0.4, -0.2) is 23.4 Å². The van der Waals surface area contributed by atoms with Gasteiger partial charge in [0, 0.05) is 18.3 Å². The predicted octanol–water partition coefficient (Wildman–Crippen LogP) is 2.28. The van der Waals surface area contributed by atoms with Crippen molar-refractivity contribution in [1.82, 2.24) is 4.90 Å². The number of carbonyl (C=O) groups is 1. The van der Waals surface area contributed by atoms with E-state index in [1.54, 1.807) is 12.1 Å². The number of nitrogen functional groups attached to an aromatic ring is 1. The van der Waals surface area contributed by atoms with Crippen LogP contribution in [0.25, 0.3) is 0 Å². The van der Waals surface area contributed by atoms with Gasteiger partial charge in [-0.2, -0.15) is 0 Å². The molecule has 1 fully saturated rings. The summed E-state index contributed by atoms with van der Waals surface area (Å²) in [4.78, 5) is 14.2. The molecule has 1 atom stereocenters. The first kappa shape index (κ1) is 11.0. The van der Waals surface area contributed by atoms with Gasteiger partial charge in [0.05, 0.1) is 5.56 Å². The molecule has 3 heteroatoms. The number of amides is 1. The second-order valence-corrected chi connectivity index (χ2v) is 4.43. The monoisotopic (exact) mass is 218 g/mol. The van der Waals surface area contributed by atoms with Crippen LogP contribution in [0.15, 0.2) is 24.3 Å². The highest BCUT2D eigenvalue weighted by molar-refractivity contribution is 5.99. The summed E-state index contributed by atoms with van der Waals surface area (Å²) < 4.78 is 0. The zero-order chi connectivity index (χ0) is 11.5. The van der Waals surface area contributed by atoms with Crippen molar-refractivity contribution in [2.75, 3.05) is 12.3 Å². The lowest BCUT2D eigenvalue weighted by molar-refractivity contribution is 0.0637. The van der Waals surface area contributed by atoms with Gasteiger partial charge in [-0.1, -0.05) is 12.1 Å². The van der Waals surface area contributed by atoms with Gasteiger partial charge in [0.25, 0.3) is 5.91 Å². The highest BCUT2D eigenvalue weighted by Gasteiger charge is 2.24. The van der Waals surface area contributed by atoms with Crippen LogP contribution in [0.2, 0.25) is 0 Å². The van der Waals surface area contributed by atoms with Crippen LogP contribution in [-0.2, 0) is 0 Å². The van der Waals surface area contributed by atoms with E-state index < -0.39 is 0 Å². The first-order valence-electron chi connectivity index (χ1n) is 5.85. The molecule has 1 saturated heterocycles. The fourth-order valence-electron chi connectivity index (χ4n) is 2.25. The van der Waals surface area contributed by atoms with Gasteiger partial charge >= 0.3 is 0 Å². The van der Waals surface area contributed by atoms with E-state index in [0.29, 0.717) is 17.3 Å². The molecular weight excluding hydrogens is 200 g/mol. The number of hydrogen-bond donors (Lipinski definition) is 1. The maximum absolute atomic E-state index is 12.3. The van der Waals surface area contributed by atoms with E-state index in [-0.39, 0.29) is 5.91 Å². The minimum atomic E-state index is 0.0744. The Bertz CT molecular complexity index is 389. The van der Waals surface area contributed by atoms with Crippen LogP contribution in [0.3, 0.4) is 0 Å². The fourth-order valence-corrected chi connectivity index (χ4v) is 2.25. The number of carbonyl (C=O) groups excluding carboxylic acids is 1. The number of hydrogen-bond acceptors (Lipinski definition) is 2. The summed E-state index contributed by atoms with van der Waals surface area (Å²) in [7, 11) is 0. The Morgan fingerprint density at radius 2 is 2.12 bits per heavy atom. The number of piperidine rings is 1. The third kappa shape index (κ3) is 2.03. The first-order chi connectivity index (χ1) is 7.70. The maximum atomic E-state index is 12.3. The number of nitrogens with zero attached hydrogens (tertiary/aromatic N) is 1. The van der Waals surface area contributed by atoms with Crippen molar-refractivity contribution in [3.05, 3.63) is 29.8 Å². The standard InChI is InChI=1S/C13H18N2O/c1-10-6-4-5-9-15(10)13(16)11-7-2-3-8-12(11)14/h2-3,7-8,10H,4-6,9,14H2,1H3/t10-/m1/s1. The van der Waals surface area contributed by atoms with Crippen molar-refractivity contribution < 1.29 is 4.79 Å². The molecule has 0 radical (unpaired) electrons. The molecule has 1 aliphatic rings. The molecule has 1 heterocycles. The van der Waals surface area contributed by atoms with Crippen molar-refractivity contribution in [2.24, 2.45) is 0 Å². The lowest BCUT2D eigenvalue weighted by Crippen LogP contribution is -2.42. The molecule has 0 bridgehead atoms. The number of likely N-dealkylation sites (tertiary alicyclic amines) is 1. The number of benzene rings is 1. The van der Waals surface area contributed by atoms with Gasteiger partial charge in [-0.25, -0.2) is 0 Å². The molecule has 2 rings (SSSR count). The quantitative estimate of drug-likeness (QED) is 0.735. The van der Waals surface area contributed by atoms with E-state index in [1.807, 2.05) is 17.0 Å². The molecule has 0 aliphatic carbocycles. The molecular formula is C13H18N2O. The third-order valence-corrected chi connectivity index (χ3v) is 3.26. The summed E-state index contributed by atoms with van der Waals surface area (Å²) in [6, 6.07) is 7.63. The molecule has 1 aromatic rings. The van der Waals surface area contributed by atoms with Crippen LogP contribution in [0.4, 0.5) is 5.69 Å². The number of anilines is 1. The van der Waals surface area contributed by atoms with Gasteiger partial charge in [0.2, 0.25) is 0 Å². The van der Waals surface area contributed by atoms with Crippen molar-refractivity contribution in [3.8, 4) is 0 Å². The zero-order valence-electron chi connectivity index (χ0n) is 9.65. The Morgan fingerprint density at radius 1 is 1.38 bits per heavy atom. The van der Waals surface area contributed by atoms with Crippen LogP contribution in [0, 0.1) is 0 Å². The van der Waals surface area contributed by atoms with Crippen LogP contribution in [0.1, 0.15) is 36.5 Å². The van der Waals surface area contributed by atoms with Crippen LogP contribution < -0.4 is 5.73 Å². The van der Waals surface area contributed by atoms with E-state index in [1.165, 1.54) is 6.42 Å². The van der Waals surface area contributed by atoms with Crippen molar-refractivity contribution >= 4 is 11.6 Å². The minimum absolute atomic E-state index is 0.0744. The van der Waals surface area contributed by atoms with Crippen molar-refractivity contribution in [2.45, 2.75) is 32.2 Å². The Kier molecular flexibility index (Phi) is 3.13. The third-order valence-electron chi connectivity index (χ3n) is 3.26. The smallest absolute Gasteiger partial charge is 0.256 e. The molecule has 1 aliphatic heterocycles. The Hall–Kier alpha value is -1.51. The Morgan fingerprint density at radius 3 is 2.81 bits per heavy atom. The molecule has 1 aromatic carbocycles. The van der Waals surface area contributed by atoms with Crippen molar-refractivity contribution in [3.63, 3.8) is 0 Å². The van der Waals surface area contributed by atoms with Gasteiger partial charge in [0.15, 0.2) is 0 Å². The molecule has 86 valence electrons. The number of nitrogens with two attached hydrogens (primary N) is 1. The molecule has 0 unspecified atom stereocenters. The fraction of sp³-hybridized carbons (Fsp3) is 0.462. The highest BCUT2D eigenvalue weighted by atomic mass is 16.2. The Labute approximate surface area is 96.2 Å². The van der Waals surface area contributed by atoms with Gasteiger partial charge in [0.1, 0.15) is 0 Å². The molecule has 2 N–H and O–H groups in total. The number of para-hydroxylation sites is 1. The first-order valence-corrected chi connectivity index (χ1v) is 5.85. The van der Waals surface area contributed by atoms with E-state index in [4.69, 9.17) is 5.73 Å². The van der Waals surface area contributed by atoms with E-state index in [2.05, 4.69) is 6.92 Å². The minimum Gasteiger partial charge on any atom is -0.398 e. The van der Waals surface area contributed by atoms with Crippen LogP contribution >= 0.6 is 0 Å². The predicted molar refractivity (Wildman–Crippen MR) is 65.2 cm³/mol. The summed E-state index contributed by atoms with van der Waals surface area (Å²) in [6.45, 7) is 2.96. The van der Waals surface area contributed by atoms with Gasteiger partial charge in [-0.05, 0) is 38.3 Å². The summed E-state index contributed by atoms with van der Waals surface area (Å²) >= 11 is 0. The lowest BCUT2D eigenvalue weighted by atomic mass is 10.0. The van der Waals surface area contributed by atoms with E-state index >= 15 is 0 Å². The molecule has 1 amide bonds. The van der Waals surface area contributed by atoms with Gasteiger partial charge in [-0.15, -0.1) is 0 Å². The molecule has 0 spiro atoms. The molecule has 0 aromatic heterocycles. The maximum Gasteiger partial charge on any atom is 0.256 e. The Balaban J connectivity index is 2.21. The van der Waals surface area contributed by atoms with Crippen LogP contribution in [0.5, 0.6) is 0 Å². The van der Waals surface area contributed by atoms with Gasteiger partial charge in [-0.3, -0.25) is 4.79 Å². The second kappa shape index (κ2) is 4.56. The summed E-state index contributed by atoms with van der Waals surface area (Å²) in [5.74, 6) is 0.0744. The van der Waals surface area contributed by atoms with Gasteiger partial charge < -0.3 is 10.6 Å². The normalized spacial score (nSPS) is 20.8. The summed E-state index contributed by atoms with van der Waals surface area (Å²) in [6.07, 6.45) is 3.41. The summed E-state index contributed by atoms with van der Waals surface area (Å²) in [5, 5.41) is 0. The average Bonchev–Trinajstić information content (AvgIpc) is 2.29. The van der Waals surface area contributed by atoms with E-state index in [9.17, 15) is 4.79 Å². The number of rotatable bonds is 1. The average molecular weight is 218 g/mol. The summed E-state index contributed by atoms with van der Waals surface area (Å²) in [5.41, 5.74) is 7.04. The SMILES string of the molecule is C[C@@H]1CCCCN1C(=O)c1ccccc1N. The lowest BCUT2D eigenvalue weighted by Gasteiger charge is -2.33. The largest absolute Gasteiger partial charge is 0.398 e. The second-order valence-electron chi connectivity index (χ2n) is 4.43. The molecule has 3 nitrogen and oxygen atoms in total. The van der Waals surface area contributed by atoms with E-state index in [0.717, 1.165) is 19.4 Å². The molecule has 0 saturated carbocycles. The highest BCUT2D eigenvalue weighted by Crippen LogP contribution is 2.21.